The van der Waals surface area contributed by atoms with E-state index in [9.17, 15) is 14.7 Å². The van der Waals surface area contributed by atoms with Gasteiger partial charge in [-0.25, -0.2) is 9.78 Å². The number of ether oxygens (including phenoxy) is 1. The molecule has 0 aliphatic carbocycles. The van der Waals surface area contributed by atoms with Crippen LogP contribution in [0.1, 0.15) is 26.3 Å². The second-order valence-electron chi connectivity index (χ2n) is 9.06. The lowest BCUT2D eigenvalue weighted by Gasteiger charge is -2.37. The summed E-state index contributed by atoms with van der Waals surface area (Å²) in [4.78, 5) is 34.1. The molecule has 188 valence electrons. The van der Waals surface area contributed by atoms with Gasteiger partial charge in [-0.1, -0.05) is 12.1 Å². The number of fused-ring (bicyclic) bond motifs is 1. The highest BCUT2D eigenvalue weighted by Crippen LogP contribution is 2.28. The van der Waals surface area contributed by atoms with Gasteiger partial charge in [-0.2, -0.15) is 0 Å². The summed E-state index contributed by atoms with van der Waals surface area (Å²) in [5.41, 5.74) is 4.11. The monoisotopic (exact) mass is 496 g/mol. The zero-order valence-electron chi connectivity index (χ0n) is 20.8. The van der Waals surface area contributed by atoms with Crippen LogP contribution in [-0.4, -0.2) is 55.3 Å². The summed E-state index contributed by atoms with van der Waals surface area (Å²) in [6.45, 7) is 5.20. The normalized spacial score (nSPS) is 13.5. The van der Waals surface area contributed by atoms with E-state index in [-0.39, 0.29) is 11.5 Å². The van der Waals surface area contributed by atoms with Crippen molar-refractivity contribution in [2.45, 2.75) is 6.92 Å². The molecule has 0 unspecified atom stereocenters. The van der Waals surface area contributed by atoms with Crippen LogP contribution >= 0.6 is 0 Å². The van der Waals surface area contributed by atoms with Crippen molar-refractivity contribution >= 4 is 40.0 Å². The number of hydrogen-bond acceptors (Lipinski definition) is 6. The van der Waals surface area contributed by atoms with Crippen molar-refractivity contribution in [2.24, 2.45) is 0 Å². The Morgan fingerprint density at radius 1 is 0.919 bits per heavy atom. The smallest absolute Gasteiger partial charge is 0.336 e. The molecule has 0 radical (unpaired) electrons. The molecule has 0 atom stereocenters. The standard InChI is InChI=1S/C29H28N4O4/c1-19-4-3-5-22(16-19)32-12-14-33(15-13-32)27-18-25(29(35)36)24-17-21(8-11-26(24)31-27)30-28(34)20-6-9-23(37-2)10-7-20/h3-11,16-18H,12-15H2,1-2H3,(H,30,34)(H,35,36). The molecule has 0 saturated carbocycles. The number of aromatic nitrogens is 1. The van der Waals surface area contributed by atoms with Crippen molar-refractivity contribution in [3.05, 3.63) is 89.5 Å². The molecule has 0 bridgehead atoms. The van der Waals surface area contributed by atoms with Gasteiger partial charge < -0.3 is 25.0 Å². The predicted molar refractivity (Wildman–Crippen MR) is 145 cm³/mol. The third-order valence-corrected chi connectivity index (χ3v) is 6.61. The first-order valence-electron chi connectivity index (χ1n) is 12.1. The van der Waals surface area contributed by atoms with E-state index in [0.717, 1.165) is 26.2 Å². The van der Waals surface area contributed by atoms with Gasteiger partial charge >= 0.3 is 5.97 Å². The zero-order valence-corrected chi connectivity index (χ0v) is 20.8. The van der Waals surface area contributed by atoms with Crippen molar-refractivity contribution in [3.8, 4) is 5.75 Å². The number of rotatable bonds is 6. The minimum absolute atomic E-state index is 0.154. The number of carbonyl (C=O) groups excluding carboxylic acids is 1. The van der Waals surface area contributed by atoms with Crippen LogP contribution in [0.15, 0.2) is 72.8 Å². The van der Waals surface area contributed by atoms with E-state index in [2.05, 4.69) is 46.3 Å². The van der Waals surface area contributed by atoms with Crippen LogP contribution < -0.4 is 19.9 Å². The lowest BCUT2D eigenvalue weighted by Crippen LogP contribution is -2.46. The topological polar surface area (TPSA) is 95.0 Å². The Kier molecular flexibility index (Phi) is 6.64. The Hall–Kier alpha value is -4.59. The molecule has 0 spiro atoms. The third kappa shape index (κ3) is 5.18. The molecular formula is C29H28N4O4. The number of anilines is 3. The second kappa shape index (κ2) is 10.2. The van der Waals surface area contributed by atoms with E-state index in [4.69, 9.17) is 9.72 Å². The van der Waals surface area contributed by atoms with Crippen molar-refractivity contribution in [2.75, 3.05) is 48.4 Å². The van der Waals surface area contributed by atoms with Crippen LogP contribution in [0.2, 0.25) is 0 Å². The number of nitrogens with zero attached hydrogens (tertiary/aromatic N) is 3. The van der Waals surface area contributed by atoms with E-state index in [1.165, 1.54) is 11.3 Å². The Morgan fingerprint density at radius 2 is 1.65 bits per heavy atom. The first kappa shape index (κ1) is 24.1. The number of aryl methyl sites for hydroxylation is 1. The number of carboxylic acid groups (broad SMARTS) is 1. The molecule has 4 aromatic rings. The molecule has 1 aliphatic rings. The number of pyridine rings is 1. The molecule has 1 saturated heterocycles. The van der Waals surface area contributed by atoms with Gasteiger partial charge in [0.05, 0.1) is 18.2 Å². The van der Waals surface area contributed by atoms with Crippen molar-refractivity contribution in [1.82, 2.24) is 4.98 Å². The predicted octanol–water partition coefficient (Wildman–Crippen LogP) is 4.83. The van der Waals surface area contributed by atoms with Gasteiger partial charge in [-0.3, -0.25) is 4.79 Å². The molecule has 2 N–H and O–H groups in total. The van der Waals surface area contributed by atoms with E-state index in [1.807, 2.05) is 0 Å². The summed E-state index contributed by atoms with van der Waals surface area (Å²) >= 11 is 0. The highest BCUT2D eigenvalue weighted by atomic mass is 16.5. The third-order valence-electron chi connectivity index (χ3n) is 6.61. The number of carbonyl (C=O) groups is 2. The van der Waals surface area contributed by atoms with Crippen LogP contribution in [-0.2, 0) is 0 Å². The number of methoxy groups -OCH3 is 1. The molecule has 1 fully saturated rings. The van der Waals surface area contributed by atoms with Crippen LogP contribution in [0.3, 0.4) is 0 Å². The Balaban J connectivity index is 1.36. The molecule has 37 heavy (non-hydrogen) atoms. The fourth-order valence-electron chi connectivity index (χ4n) is 4.59. The molecular weight excluding hydrogens is 468 g/mol. The number of nitrogens with one attached hydrogen (secondary N) is 1. The van der Waals surface area contributed by atoms with Crippen molar-refractivity contribution in [1.29, 1.82) is 0 Å². The molecule has 2 heterocycles. The summed E-state index contributed by atoms with van der Waals surface area (Å²) in [6.07, 6.45) is 0. The number of amides is 1. The van der Waals surface area contributed by atoms with Crippen LogP contribution in [0.5, 0.6) is 5.75 Å². The summed E-state index contributed by atoms with van der Waals surface area (Å²) < 4.78 is 5.13. The fourth-order valence-corrected chi connectivity index (χ4v) is 4.59. The van der Waals surface area contributed by atoms with Crippen molar-refractivity contribution < 1.29 is 19.4 Å². The van der Waals surface area contributed by atoms with Gasteiger partial charge in [-0.15, -0.1) is 0 Å². The van der Waals surface area contributed by atoms with E-state index >= 15 is 0 Å². The van der Waals surface area contributed by atoms with Gasteiger partial charge in [0.2, 0.25) is 0 Å². The summed E-state index contributed by atoms with van der Waals surface area (Å²) in [7, 11) is 1.56. The summed E-state index contributed by atoms with van der Waals surface area (Å²) in [5, 5.41) is 13.3. The first-order valence-corrected chi connectivity index (χ1v) is 12.1. The minimum atomic E-state index is -1.04. The van der Waals surface area contributed by atoms with E-state index in [1.54, 1.807) is 55.6 Å². The van der Waals surface area contributed by atoms with Gasteiger partial charge in [0.25, 0.3) is 5.91 Å². The largest absolute Gasteiger partial charge is 0.497 e. The van der Waals surface area contributed by atoms with Crippen LogP contribution in [0.25, 0.3) is 10.9 Å². The SMILES string of the molecule is COc1ccc(C(=O)Nc2ccc3nc(N4CCN(c5cccc(C)c5)CC4)cc(C(=O)O)c3c2)cc1. The zero-order chi connectivity index (χ0) is 25.9. The van der Waals surface area contributed by atoms with Crippen LogP contribution in [0.4, 0.5) is 17.2 Å². The molecule has 3 aromatic carbocycles. The average molecular weight is 497 g/mol. The van der Waals surface area contributed by atoms with Gasteiger partial charge in [0, 0.05) is 48.5 Å². The second-order valence-corrected chi connectivity index (χ2v) is 9.06. The minimum Gasteiger partial charge on any atom is -0.497 e. The number of carboxylic acids is 1. The molecule has 5 rings (SSSR count). The van der Waals surface area contributed by atoms with Crippen LogP contribution in [0, 0.1) is 6.92 Å². The molecule has 8 heteroatoms. The van der Waals surface area contributed by atoms with Gasteiger partial charge in [0.15, 0.2) is 0 Å². The average Bonchev–Trinajstić information content (AvgIpc) is 2.92. The Morgan fingerprint density at radius 3 is 2.32 bits per heavy atom. The molecule has 1 amide bonds. The highest BCUT2D eigenvalue weighted by Gasteiger charge is 2.21. The van der Waals surface area contributed by atoms with Gasteiger partial charge in [0.1, 0.15) is 11.6 Å². The number of piperazine rings is 1. The molecule has 8 nitrogen and oxygen atoms in total. The number of benzene rings is 3. The summed E-state index contributed by atoms with van der Waals surface area (Å²) in [6, 6.07) is 22.0. The number of aromatic carboxylic acids is 1. The summed E-state index contributed by atoms with van der Waals surface area (Å²) in [5.74, 6) is -0.0313. The van der Waals surface area contributed by atoms with E-state index < -0.39 is 5.97 Å². The lowest BCUT2D eigenvalue weighted by atomic mass is 10.1. The maximum Gasteiger partial charge on any atom is 0.336 e. The Bertz CT molecular complexity index is 1460. The van der Waals surface area contributed by atoms with E-state index in [0.29, 0.717) is 33.7 Å². The maximum absolute atomic E-state index is 12.7. The lowest BCUT2D eigenvalue weighted by molar-refractivity contribution is 0.0698. The molecule has 1 aromatic heterocycles. The van der Waals surface area contributed by atoms with Crippen molar-refractivity contribution in [3.63, 3.8) is 0 Å². The number of hydrogen-bond donors (Lipinski definition) is 2. The molecule has 1 aliphatic heterocycles. The first-order chi connectivity index (χ1) is 17.9. The fraction of sp³-hybridized carbons (Fsp3) is 0.207. The maximum atomic E-state index is 12.7. The quantitative estimate of drug-likeness (QED) is 0.395. The van der Waals surface area contributed by atoms with Gasteiger partial charge in [-0.05, 0) is 73.2 Å². The highest BCUT2D eigenvalue weighted by molar-refractivity contribution is 6.08. The Labute approximate surface area is 215 Å².